The van der Waals surface area contributed by atoms with Gasteiger partial charge in [-0.2, -0.15) is 0 Å². The summed E-state index contributed by atoms with van der Waals surface area (Å²) >= 11 is 0. The molecule has 0 heterocycles. The molecule has 0 aliphatic carbocycles. The maximum absolute atomic E-state index is 12.9. The molecule has 0 aromatic heterocycles. The zero-order valence-electron chi connectivity index (χ0n) is 49.7. The summed E-state index contributed by atoms with van der Waals surface area (Å²) in [5.41, 5.74) is 0. The van der Waals surface area contributed by atoms with Gasteiger partial charge in [0.15, 0.2) is 6.10 Å². The summed E-state index contributed by atoms with van der Waals surface area (Å²) in [7, 11) is 0. The van der Waals surface area contributed by atoms with Gasteiger partial charge in [-0.05, 0) is 103 Å². The van der Waals surface area contributed by atoms with E-state index in [2.05, 4.69) is 130 Å². The van der Waals surface area contributed by atoms with Crippen LogP contribution in [0.5, 0.6) is 0 Å². The molecule has 0 aliphatic heterocycles. The summed E-state index contributed by atoms with van der Waals surface area (Å²) in [5.74, 6) is -0.914. The molecule has 1 atom stereocenters. The molecule has 0 rings (SSSR count). The average Bonchev–Trinajstić information content (AvgIpc) is 3.42. The lowest BCUT2D eigenvalue weighted by molar-refractivity contribution is -0.167. The number of esters is 3. The maximum atomic E-state index is 12.9. The second-order valence-electron chi connectivity index (χ2n) is 20.9. The first-order valence-corrected chi connectivity index (χ1v) is 31.9. The van der Waals surface area contributed by atoms with Gasteiger partial charge in [-0.15, -0.1) is 0 Å². The Morgan fingerprint density at radius 2 is 0.513 bits per heavy atom. The Morgan fingerprint density at radius 3 is 0.816 bits per heavy atom. The fourth-order valence-corrected chi connectivity index (χ4v) is 8.81. The van der Waals surface area contributed by atoms with Gasteiger partial charge in [0.2, 0.25) is 0 Å². The Hall–Kier alpha value is -3.93. The zero-order chi connectivity index (χ0) is 55.0. The standard InChI is InChI=1S/C70H118O6/c1-4-7-10-13-16-19-22-25-27-29-31-32-33-34-35-36-37-38-40-41-43-45-48-51-54-57-60-63-69(72)75-66-67(65-74-68(71)62-59-56-53-50-47-24-21-18-15-12-9-6-3)76-70(73)64-61-58-55-52-49-46-44-42-39-30-28-26-23-20-17-14-11-8-5-2/h7-8,10-11,16-17,19-20,25-28,31-32,39,42,46,49,67H,4-6,9,12-15,18,21-24,29-30,33-38,40-41,43-45,47-48,50-66H2,1-3H3/b10-7-,11-8-,19-16-,20-17-,27-25-,28-26-,32-31-,42-39-,49-46-. The van der Waals surface area contributed by atoms with Gasteiger partial charge in [0.05, 0.1) is 0 Å². The van der Waals surface area contributed by atoms with Crippen LogP contribution in [0, 0.1) is 0 Å². The molecule has 0 amide bonds. The molecular weight excluding hydrogens is 937 g/mol. The van der Waals surface area contributed by atoms with E-state index in [0.717, 1.165) is 122 Å². The predicted octanol–water partition coefficient (Wildman–Crippen LogP) is 21.8. The Balaban J connectivity index is 4.31. The molecule has 0 aromatic carbocycles. The average molecular weight is 1060 g/mol. The number of allylic oxidation sites excluding steroid dienone is 18. The van der Waals surface area contributed by atoms with Crippen LogP contribution in [0.1, 0.15) is 297 Å². The van der Waals surface area contributed by atoms with E-state index in [1.54, 1.807) is 0 Å². The molecular formula is C70H118O6. The topological polar surface area (TPSA) is 78.9 Å². The van der Waals surface area contributed by atoms with Gasteiger partial charge in [-0.1, -0.05) is 284 Å². The largest absolute Gasteiger partial charge is 0.462 e. The molecule has 76 heavy (non-hydrogen) atoms. The lowest BCUT2D eigenvalue weighted by Crippen LogP contribution is -2.30. The highest BCUT2D eigenvalue weighted by Crippen LogP contribution is 2.16. The number of hydrogen-bond donors (Lipinski definition) is 0. The van der Waals surface area contributed by atoms with Crippen molar-refractivity contribution in [3.8, 4) is 0 Å². The van der Waals surface area contributed by atoms with Crippen molar-refractivity contribution in [3.05, 3.63) is 109 Å². The first-order chi connectivity index (χ1) is 37.5. The highest BCUT2D eigenvalue weighted by atomic mass is 16.6. The molecule has 1 unspecified atom stereocenters. The normalized spacial score (nSPS) is 12.8. The molecule has 0 radical (unpaired) electrons. The minimum Gasteiger partial charge on any atom is -0.462 e. The second kappa shape index (κ2) is 63.6. The van der Waals surface area contributed by atoms with Crippen molar-refractivity contribution in [2.45, 2.75) is 303 Å². The minimum atomic E-state index is -0.796. The minimum absolute atomic E-state index is 0.0893. The molecule has 0 bridgehead atoms. The lowest BCUT2D eigenvalue weighted by atomic mass is 10.0. The third-order valence-electron chi connectivity index (χ3n) is 13.5. The van der Waals surface area contributed by atoms with Gasteiger partial charge in [0.25, 0.3) is 0 Å². The van der Waals surface area contributed by atoms with Crippen LogP contribution in [-0.2, 0) is 28.6 Å². The maximum Gasteiger partial charge on any atom is 0.306 e. The number of carbonyl (C=O) groups excluding carboxylic acids is 3. The Kier molecular flexibility index (Phi) is 60.3. The van der Waals surface area contributed by atoms with Gasteiger partial charge in [0, 0.05) is 19.3 Å². The van der Waals surface area contributed by atoms with Crippen molar-refractivity contribution in [1.82, 2.24) is 0 Å². The summed E-state index contributed by atoms with van der Waals surface area (Å²) in [5, 5.41) is 0. The van der Waals surface area contributed by atoms with Crippen LogP contribution in [0.3, 0.4) is 0 Å². The molecule has 6 nitrogen and oxygen atoms in total. The van der Waals surface area contributed by atoms with E-state index >= 15 is 0 Å². The van der Waals surface area contributed by atoms with E-state index in [0.29, 0.717) is 12.8 Å². The van der Waals surface area contributed by atoms with Gasteiger partial charge in [0.1, 0.15) is 13.2 Å². The predicted molar refractivity (Wildman–Crippen MR) is 330 cm³/mol. The van der Waals surface area contributed by atoms with E-state index < -0.39 is 6.10 Å². The van der Waals surface area contributed by atoms with Crippen LogP contribution in [-0.4, -0.2) is 37.2 Å². The fraction of sp³-hybridized carbons (Fsp3) is 0.700. The SMILES string of the molecule is CC/C=C\C/C=C\C/C=C\C/C=C\C/C=C\CCCCCC(=O)OC(COC(=O)CCCCCCCCCCCCCC)COC(=O)CCCCCCCCCCCCCCCC/C=C\C/C=C\C/C=C\C/C=C\CC. The molecule has 0 saturated carbocycles. The van der Waals surface area contributed by atoms with Crippen molar-refractivity contribution >= 4 is 17.9 Å². The van der Waals surface area contributed by atoms with Crippen LogP contribution in [0.2, 0.25) is 0 Å². The quantitative estimate of drug-likeness (QED) is 0.0261. The van der Waals surface area contributed by atoms with Gasteiger partial charge in [-0.25, -0.2) is 0 Å². The number of hydrogen-bond acceptors (Lipinski definition) is 6. The smallest absolute Gasteiger partial charge is 0.306 e. The molecule has 0 saturated heterocycles. The Labute approximate surface area is 470 Å². The van der Waals surface area contributed by atoms with Crippen molar-refractivity contribution < 1.29 is 28.6 Å². The molecule has 434 valence electrons. The number of ether oxygens (including phenoxy) is 3. The monoisotopic (exact) mass is 1050 g/mol. The lowest BCUT2D eigenvalue weighted by Gasteiger charge is -2.18. The summed E-state index contributed by atoms with van der Waals surface area (Å²) in [6, 6.07) is 0. The second-order valence-corrected chi connectivity index (χ2v) is 20.9. The molecule has 0 spiro atoms. The van der Waals surface area contributed by atoms with Gasteiger partial charge in [-0.3, -0.25) is 14.4 Å². The molecule has 6 heteroatoms. The van der Waals surface area contributed by atoms with Gasteiger partial charge < -0.3 is 14.2 Å². The van der Waals surface area contributed by atoms with Crippen LogP contribution < -0.4 is 0 Å². The van der Waals surface area contributed by atoms with E-state index in [1.807, 2.05) is 0 Å². The molecule has 0 aliphatic rings. The molecule has 0 fully saturated rings. The first kappa shape index (κ1) is 72.1. The Bertz CT molecular complexity index is 1540. The molecule has 0 N–H and O–H groups in total. The number of rotatable bonds is 57. The van der Waals surface area contributed by atoms with Crippen molar-refractivity contribution in [2.24, 2.45) is 0 Å². The van der Waals surface area contributed by atoms with Crippen molar-refractivity contribution in [3.63, 3.8) is 0 Å². The van der Waals surface area contributed by atoms with Crippen molar-refractivity contribution in [1.29, 1.82) is 0 Å². The first-order valence-electron chi connectivity index (χ1n) is 31.9. The van der Waals surface area contributed by atoms with Crippen LogP contribution in [0.25, 0.3) is 0 Å². The summed E-state index contributed by atoms with van der Waals surface area (Å²) in [6.07, 6.45) is 86.7. The fourth-order valence-electron chi connectivity index (χ4n) is 8.81. The summed E-state index contributed by atoms with van der Waals surface area (Å²) < 4.78 is 16.9. The third-order valence-corrected chi connectivity index (χ3v) is 13.5. The van der Waals surface area contributed by atoms with E-state index in [4.69, 9.17) is 14.2 Å². The van der Waals surface area contributed by atoms with E-state index in [-0.39, 0.29) is 37.5 Å². The summed E-state index contributed by atoms with van der Waals surface area (Å²) in [6.45, 7) is 6.40. The van der Waals surface area contributed by atoms with Crippen LogP contribution in [0.4, 0.5) is 0 Å². The zero-order valence-corrected chi connectivity index (χ0v) is 49.7. The Morgan fingerprint density at radius 1 is 0.276 bits per heavy atom. The van der Waals surface area contributed by atoms with E-state index in [9.17, 15) is 14.4 Å². The van der Waals surface area contributed by atoms with Crippen molar-refractivity contribution in [2.75, 3.05) is 13.2 Å². The van der Waals surface area contributed by atoms with E-state index in [1.165, 1.54) is 135 Å². The highest BCUT2D eigenvalue weighted by molar-refractivity contribution is 5.71. The molecule has 0 aromatic rings. The van der Waals surface area contributed by atoms with Crippen LogP contribution in [0.15, 0.2) is 109 Å². The highest BCUT2D eigenvalue weighted by Gasteiger charge is 2.19. The van der Waals surface area contributed by atoms with Gasteiger partial charge >= 0.3 is 17.9 Å². The van der Waals surface area contributed by atoms with Crippen LogP contribution >= 0.6 is 0 Å². The summed E-state index contributed by atoms with van der Waals surface area (Å²) in [4.78, 5) is 38.3. The number of unbranched alkanes of at least 4 members (excludes halogenated alkanes) is 28. The third kappa shape index (κ3) is 60.9. The number of carbonyl (C=O) groups is 3.